The summed E-state index contributed by atoms with van der Waals surface area (Å²) in [7, 11) is 1.65. The highest BCUT2D eigenvalue weighted by Gasteiger charge is 2.15. The van der Waals surface area contributed by atoms with E-state index in [4.69, 9.17) is 9.47 Å². The Hall–Kier alpha value is -1.55. The predicted molar refractivity (Wildman–Crippen MR) is 75.2 cm³/mol. The Morgan fingerprint density at radius 1 is 1.26 bits per heavy atom. The van der Waals surface area contributed by atoms with Gasteiger partial charge in [-0.15, -0.1) is 0 Å². The summed E-state index contributed by atoms with van der Waals surface area (Å²) in [4.78, 5) is 11.5. The molecule has 0 aliphatic heterocycles. The average Bonchev–Trinajstić information content (AvgIpc) is 2.44. The number of ether oxygens (including phenoxy) is 2. The number of hydrogen-bond donors (Lipinski definition) is 1. The molecule has 1 aromatic rings. The molecule has 1 N–H and O–H groups in total. The Morgan fingerprint density at radius 2 is 1.89 bits per heavy atom. The van der Waals surface area contributed by atoms with Gasteiger partial charge >= 0.3 is 5.97 Å². The maximum absolute atomic E-state index is 11.5. The molecule has 0 saturated carbocycles. The van der Waals surface area contributed by atoms with Gasteiger partial charge in [-0.1, -0.05) is 19.1 Å². The molecule has 0 aliphatic rings. The lowest BCUT2D eigenvalue weighted by molar-refractivity contribution is -0.147. The van der Waals surface area contributed by atoms with Crippen molar-refractivity contribution in [2.45, 2.75) is 26.8 Å². The average molecular weight is 265 g/mol. The van der Waals surface area contributed by atoms with Crippen LogP contribution < -0.4 is 10.1 Å². The molecule has 19 heavy (non-hydrogen) atoms. The monoisotopic (exact) mass is 265 g/mol. The van der Waals surface area contributed by atoms with E-state index >= 15 is 0 Å². The number of esters is 1. The Kier molecular flexibility index (Phi) is 6.36. The summed E-state index contributed by atoms with van der Waals surface area (Å²) in [6.07, 6.45) is 0. The van der Waals surface area contributed by atoms with Gasteiger partial charge in [-0.25, -0.2) is 0 Å². The van der Waals surface area contributed by atoms with Crippen molar-refractivity contribution in [2.75, 3.05) is 20.3 Å². The van der Waals surface area contributed by atoms with Crippen LogP contribution in [0.25, 0.3) is 0 Å². The summed E-state index contributed by atoms with van der Waals surface area (Å²) in [6, 6.07) is 8.09. The van der Waals surface area contributed by atoms with Gasteiger partial charge in [0.2, 0.25) is 0 Å². The quantitative estimate of drug-likeness (QED) is 0.770. The van der Waals surface area contributed by atoms with E-state index in [-0.39, 0.29) is 17.9 Å². The van der Waals surface area contributed by atoms with Crippen molar-refractivity contribution in [1.82, 2.24) is 5.32 Å². The van der Waals surface area contributed by atoms with Gasteiger partial charge in [-0.05, 0) is 31.5 Å². The van der Waals surface area contributed by atoms with Crippen LogP contribution in [0.15, 0.2) is 24.3 Å². The van der Waals surface area contributed by atoms with Crippen molar-refractivity contribution in [3.05, 3.63) is 29.8 Å². The van der Waals surface area contributed by atoms with Crippen LogP contribution in [-0.2, 0) is 9.53 Å². The van der Waals surface area contributed by atoms with Gasteiger partial charge in [0.1, 0.15) is 5.75 Å². The summed E-state index contributed by atoms with van der Waals surface area (Å²) in [6.45, 7) is 6.78. The molecule has 0 heterocycles. The van der Waals surface area contributed by atoms with E-state index in [0.29, 0.717) is 13.2 Å². The lowest BCUT2D eigenvalue weighted by atomic mass is 10.1. The Morgan fingerprint density at radius 3 is 2.42 bits per heavy atom. The predicted octanol–water partition coefficient (Wildman–Crippen LogP) is 2.55. The first kappa shape index (κ1) is 15.5. The van der Waals surface area contributed by atoms with Crippen molar-refractivity contribution in [3.63, 3.8) is 0 Å². The lowest BCUT2D eigenvalue weighted by Gasteiger charge is -2.17. The van der Waals surface area contributed by atoms with E-state index in [0.717, 1.165) is 11.3 Å². The molecule has 0 amide bonds. The highest BCUT2D eigenvalue weighted by Crippen LogP contribution is 2.17. The number of rotatable bonds is 7. The van der Waals surface area contributed by atoms with E-state index in [1.165, 1.54) is 0 Å². The Labute approximate surface area is 115 Å². The maximum Gasteiger partial charge on any atom is 0.309 e. The molecule has 0 bridgehead atoms. The third-order valence-electron chi connectivity index (χ3n) is 3.03. The van der Waals surface area contributed by atoms with Gasteiger partial charge in [0.05, 0.1) is 19.6 Å². The van der Waals surface area contributed by atoms with Crippen molar-refractivity contribution < 1.29 is 14.3 Å². The fourth-order valence-electron chi connectivity index (χ4n) is 1.73. The largest absolute Gasteiger partial charge is 0.497 e. The Bertz CT molecular complexity index is 389. The van der Waals surface area contributed by atoms with E-state index in [1.54, 1.807) is 7.11 Å². The third kappa shape index (κ3) is 4.91. The highest BCUT2D eigenvalue weighted by molar-refractivity contribution is 5.72. The van der Waals surface area contributed by atoms with Crippen LogP contribution in [0.3, 0.4) is 0 Å². The van der Waals surface area contributed by atoms with Crippen molar-refractivity contribution >= 4 is 5.97 Å². The van der Waals surface area contributed by atoms with Gasteiger partial charge in [0.15, 0.2) is 0 Å². The molecule has 1 aromatic carbocycles. The first-order chi connectivity index (χ1) is 9.08. The molecule has 0 radical (unpaired) electrons. The van der Waals surface area contributed by atoms with Crippen molar-refractivity contribution in [2.24, 2.45) is 5.92 Å². The van der Waals surface area contributed by atoms with E-state index in [1.807, 2.05) is 38.1 Å². The smallest absolute Gasteiger partial charge is 0.309 e. The molecular formula is C15H23NO3. The minimum atomic E-state index is -0.156. The van der Waals surface area contributed by atoms with E-state index in [9.17, 15) is 4.79 Å². The molecule has 2 atom stereocenters. The van der Waals surface area contributed by atoms with Gasteiger partial charge < -0.3 is 14.8 Å². The molecule has 0 aromatic heterocycles. The number of carbonyl (C=O) groups excluding carboxylic acids is 1. The van der Waals surface area contributed by atoms with Crippen LogP contribution >= 0.6 is 0 Å². The van der Waals surface area contributed by atoms with Crippen molar-refractivity contribution in [1.29, 1.82) is 0 Å². The first-order valence-electron chi connectivity index (χ1n) is 6.62. The summed E-state index contributed by atoms with van der Waals surface area (Å²) >= 11 is 0. The summed E-state index contributed by atoms with van der Waals surface area (Å²) in [5.74, 6) is 0.549. The number of carbonyl (C=O) groups is 1. The number of methoxy groups -OCH3 is 1. The molecule has 4 nitrogen and oxygen atoms in total. The van der Waals surface area contributed by atoms with E-state index in [2.05, 4.69) is 12.2 Å². The van der Waals surface area contributed by atoms with Gasteiger partial charge in [-0.2, -0.15) is 0 Å². The standard InChI is InChI=1S/C15H23NO3/c1-5-19-15(17)11(2)10-16-12(3)13-6-8-14(18-4)9-7-13/h6-9,11-12,16H,5,10H2,1-4H3. The van der Waals surface area contributed by atoms with Crippen LogP contribution in [0.2, 0.25) is 0 Å². The van der Waals surface area contributed by atoms with Crippen LogP contribution in [0.4, 0.5) is 0 Å². The number of hydrogen-bond acceptors (Lipinski definition) is 4. The SMILES string of the molecule is CCOC(=O)C(C)CNC(C)c1ccc(OC)cc1. The highest BCUT2D eigenvalue weighted by atomic mass is 16.5. The second kappa shape index (κ2) is 7.79. The molecular weight excluding hydrogens is 242 g/mol. The topological polar surface area (TPSA) is 47.6 Å². The van der Waals surface area contributed by atoms with Crippen LogP contribution in [0, 0.1) is 5.92 Å². The Balaban J connectivity index is 2.45. The normalized spacial score (nSPS) is 13.7. The number of nitrogens with one attached hydrogen (secondary N) is 1. The van der Waals surface area contributed by atoms with Gasteiger partial charge in [0, 0.05) is 12.6 Å². The molecule has 106 valence electrons. The van der Waals surface area contributed by atoms with E-state index < -0.39 is 0 Å². The molecule has 0 saturated heterocycles. The molecule has 2 unspecified atom stereocenters. The van der Waals surface area contributed by atoms with Crippen LogP contribution in [0.1, 0.15) is 32.4 Å². The summed E-state index contributed by atoms with van der Waals surface area (Å²) < 4.78 is 10.1. The minimum absolute atomic E-state index is 0.138. The minimum Gasteiger partial charge on any atom is -0.497 e. The molecule has 0 spiro atoms. The second-order valence-corrected chi connectivity index (χ2v) is 4.56. The zero-order valence-electron chi connectivity index (χ0n) is 12.1. The van der Waals surface area contributed by atoms with Crippen LogP contribution in [0.5, 0.6) is 5.75 Å². The van der Waals surface area contributed by atoms with Crippen LogP contribution in [-0.4, -0.2) is 26.2 Å². The lowest BCUT2D eigenvalue weighted by Crippen LogP contribution is -2.29. The molecule has 0 fully saturated rings. The zero-order valence-corrected chi connectivity index (χ0v) is 12.1. The zero-order chi connectivity index (χ0) is 14.3. The van der Waals surface area contributed by atoms with Gasteiger partial charge in [-0.3, -0.25) is 4.79 Å². The molecule has 0 aliphatic carbocycles. The summed E-state index contributed by atoms with van der Waals surface area (Å²) in [5, 5.41) is 3.33. The molecule has 1 rings (SSSR count). The second-order valence-electron chi connectivity index (χ2n) is 4.56. The summed E-state index contributed by atoms with van der Waals surface area (Å²) in [5.41, 5.74) is 1.16. The number of benzene rings is 1. The maximum atomic E-state index is 11.5. The fraction of sp³-hybridized carbons (Fsp3) is 0.533. The first-order valence-corrected chi connectivity index (χ1v) is 6.62. The third-order valence-corrected chi connectivity index (χ3v) is 3.03. The van der Waals surface area contributed by atoms with Gasteiger partial charge in [0.25, 0.3) is 0 Å². The fourth-order valence-corrected chi connectivity index (χ4v) is 1.73. The van der Waals surface area contributed by atoms with Crippen molar-refractivity contribution in [3.8, 4) is 5.75 Å². The molecule has 4 heteroatoms.